The average Bonchev–Trinajstić information content (AvgIpc) is 2.72. The first-order valence-electron chi connectivity index (χ1n) is 5.32. The Morgan fingerprint density at radius 1 is 1.59 bits per heavy atom. The summed E-state index contributed by atoms with van der Waals surface area (Å²) in [6.07, 6.45) is 2.36. The molecular weight excluding hydrogens is 238 g/mol. The first-order valence-corrected chi connectivity index (χ1v) is 6.14. The lowest BCUT2D eigenvalue weighted by molar-refractivity contribution is -0.306. The minimum atomic E-state index is -1.15. The van der Waals surface area contributed by atoms with Gasteiger partial charge in [-0.05, 0) is 19.4 Å². The minimum absolute atomic E-state index is 0.544. The third-order valence-corrected chi connectivity index (χ3v) is 3.62. The van der Waals surface area contributed by atoms with E-state index < -0.39 is 12.0 Å². The molecule has 2 aromatic rings. The maximum Gasteiger partial charge on any atom is 0.138 e. The van der Waals surface area contributed by atoms with Gasteiger partial charge in [-0.2, -0.15) is 0 Å². The number of carbonyl (C=O) groups is 1. The molecule has 0 aliphatic carbocycles. The summed E-state index contributed by atoms with van der Waals surface area (Å²) in [6.45, 7) is 3.59. The second kappa shape index (κ2) is 4.67. The van der Waals surface area contributed by atoms with Gasteiger partial charge in [-0.15, -0.1) is 11.3 Å². The Balaban J connectivity index is 2.39. The Morgan fingerprint density at radius 3 is 3.00 bits per heavy atom. The van der Waals surface area contributed by atoms with Crippen molar-refractivity contribution in [1.29, 1.82) is 0 Å². The Labute approximate surface area is 103 Å². The standard InChI is InChI=1S/C11H13N3O2S/c1-3-7-4-8-9(14-6(2)11(15)16)12-5-13-10(8)17-7/h4-6H,3H2,1-2H3,(H,15,16)(H,12,13,14)/p-1/t6-/m0/s1. The molecule has 0 aliphatic heterocycles. The van der Waals surface area contributed by atoms with Gasteiger partial charge in [-0.3, -0.25) is 0 Å². The van der Waals surface area contributed by atoms with E-state index in [1.54, 1.807) is 11.3 Å². The van der Waals surface area contributed by atoms with Crippen LogP contribution >= 0.6 is 11.3 Å². The van der Waals surface area contributed by atoms with E-state index >= 15 is 0 Å². The minimum Gasteiger partial charge on any atom is -0.548 e. The lowest BCUT2D eigenvalue weighted by Crippen LogP contribution is -2.38. The van der Waals surface area contributed by atoms with Gasteiger partial charge in [0.1, 0.15) is 17.0 Å². The number of nitrogens with one attached hydrogen (secondary N) is 1. The highest BCUT2D eigenvalue weighted by molar-refractivity contribution is 7.18. The largest absolute Gasteiger partial charge is 0.548 e. The van der Waals surface area contributed by atoms with E-state index in [1.165, 1.54) is 18.1 Å². The highest BCUT2D eigenvalue weighted by atomic mass is 32.1. The van der Waals surface area contributed by atoms with Gasteiger partial charge < -0.3 is 15.2 Å². The smallest absolute Gasteiger partial charge is 0.138 e. The number of hydrogen-bond donors (Lipinski definition) is 1. The Kier molecular flexibility index (Phi) is 3.23. The molecule has 2 rings (SSSR count). The molecule has 0 saturated heterocycles. The van der Waals surface area contributed by atoms with Gasteiger partial charge in [0, 0.05) is 4.88 Å². The van der Waals surface area contributed by atoms with Crippen molar-refractivity contribution in [2.45, 2.75) is 26.3 Å². The van der Waals surface area contributed by atoms with Gasteiger partial charge >= 0.3 is 0 Å². The molecule has 5 nitrogen and oxygen atoms in total. The zero-order chi connectivity index (χ0) is 12.4. The molecule has 0 amide bonds. The summed E-state index contributed by atoms with van der Waals surface area (Å²) in [4.78, 5) is 21.0. The van der Waals surface area contributed by atoms with E-state index in [0.29, 0.717) is 5.82 Å². The van der Waals surface area contributed by atoms with E-state index in [9.17, 15) is 9.90 Å². The summed E-state index contributed by atoms with van der Waals surface area (Å²) in [5.74, 6) is -0.606. The Hall–Kier alpha value is -1.69. The van der Waals surface area contributed by atoms with Gasteiger partial charge in [0.05, 0.1) is 17.4 Å². The number of aromatic nitrogens is 2. The van der Waals surface area contributed by atoms with Gasteiger partial charge in [0.15, 0.2) is 0 Å². The quantitative estimate of drug-likeness (QED) is 0.868. The van der Waals surface area contributed by atoms with Crippen LogP contribution in [0.1, 0.15) is 18.7 Å². The van der Waals surface area contributed by atoms with Gasteiger partial charge in [-0.1, -0.05) is 6.92 Å². The molecule has 6 heteroatoms. The van der Waals surface area contributed by atoms with Crippen molar-refractivity contribution >= 4 is 33.3 Å². The van der Waals surface area contributed by atoms with Crippen LogP contribution in [0.4, 0.5) is 5.82 Å². The monoisotopic (exact) mass is 250 g/mol. The van der Waals surface area contributed by atoms with Crippen molar-refractivity contribution in [3.8, 4) is 0 Å². The lowest BCUT2D eigenvalue weighted by Gasteiger charge is -2.15. The van der Waals surface area contributed by atoms with Crippen molar-refractivity contribution in [2.75, 3.05) is 5.32 Å². The van der Waals surface area contributed by atoms with Gasteiger partial charge in [0.2, 0.25) is 0 Å². The molecule has 2 aromatic heterocycles. The number of rotatable bonds is 4. The van der Waals surface area contributed by atoms with Crippen LogP contribution in [0, 0.1) is 0 Å². The van der Waals surface area contributed by atoms with E-state index in [4.69, 9.17) is 0 Å². The van der Waals surface area contributed by atoms with Crippen molar-refractivity contribution in [1.82, 2.24) is 9.97 Å². The molecule has 0 aromatic carbocycles. The molecule has 90 valence electrons. The van der Waals surface area contributed by atoms with Crippen LogP contribution < -0.4 is 10.4 Å². The number of carbonyl (C=O) groups excluding carboxylic acids is 1. The Morgan fingerprint density at radius 2 is 2.35 bits per heavy atom. The number of anilines is 1. The van der Waals surface area contributed by atoms with Crippen LogP contribution in [-0.2, 0) is 11.2 Å². The predicted molar refractivity (Wildman–Crippen MR) is 64.9 cm³/mol. The van der Waals surface area contributed by atoms with Crippen molar-refractivity contribution < 1.29 is 9.90 Å². The first-order chi connectivity index (χ1) is 8.11. The highest BCUT2D eigenvalue weighted by Gasteiger charge is 2.10. The Bertz CT molecular complexity index is 553. The van der Waals surface area contributed by atoms with E-state index in [1.807, 2.05) is 6.07 Å². The molecule has 1 atom stereocenters. The second-order valence-electron chi connectivity index (χ2n) is 3.69. The third-order valence-electron chi connectivity index (χ3n) is 2.44. The number of fused-ring (bicyclic) bond motifs is 1. The second-order valence-corrected chi connectivity index (χ2v) is 4.81. The molecule has 2 heterocycles. The van der Waals surface area contributed by atoms with Gasteiger partial charge in [0.25, 0.3) is 0 Å². The summed E-state index contributed by atoms with van der Waals surface area (Å²) in [7, 11) is 0. The van der Waals surface area contributed by atoms with Crippen LogP contribution in [0.5, 0.6) is 0 Å². The number of thiophene rings is 1. The van der Waals surface area contributed by atoms with E-state index in [0.717, 1.165) is 16.6 Å². The highest BCUT2D eigenvalue weighted by Crippen LogP contribution is 2.28. The lowest BCUT2D eigenvalue weighted by atomic mass is 10.3. The molecule has 0 unspecified atom stereocenters. The fraction of sp³-hybridized carbons (Fsp3) is 0.364. The number of carboxylic acids is 1. The summed E-state index contributed by atoms with van der Waals surface area (Å²) < 4.78 is 0. The van der Waals surface area contributed by atoms with E-state index in [2.05, 4.69) is 22.2 Å². The third kappa shape index (κ3) is 2.36. The maximum atomic E-state index is 10.7. The molecule has 0 aliphatic rings. The van der Waals surface area contributed by atoms with Crippen molar-refractivity contribution in [2.24, 2.45) is 0 Å². The summed E-state index contributed by atoms with van der Waals surface area (Å²) in [5.41, 5.74) is 0. The van der Waals surface area contributed by atoms with E-state index in [-0.39, 0.29) is 0 Å². The number of aliphatic carboxylic acids is 1. The molecular formula is C11H12N3O2S-. The van der Waals surface area contributed by atoms with Crippen molar-refractivity contribution in [3.05, 3.63) is 17.3 Å². The summed E-state index contributed by atoms with van der Waals surface area (Å²) >= 11 is 1.59. The SMILES string of the molecule is CCc1cc2c(N[C@@H](C)C(=O)[O-])ncnc2s1. The van der Waals surface area contributed by atoms with Crippen LogP contribution in [0.2, 0.25) is 0 Å². The molecule has 1 N–H and O–H groups in total. The number of carboxylic acid groups (broad SMARTS) is 1. The topological polar surface area (TPSA) is 77.9 Å². The number of nitrogens with zero attached hydrogens (tertiary/aromatic N) is 2. The molecule has 17 heavy (non-hydrogen) atoms. The zero-order valence-electron chi connectivity index (χ0n) is 9.56. The maximum absolute atomic E-state index is 10.7. The molecule has 0 bridgehead atoms. The molecule has 0 spiro atoms. The molecule has 0 saturated carbocycles. The fourth-order valence-corrected chi connectivity index (χ4v) is 2.39. The fourth-order valence-electron chi connectivity index (χ4n) is 1.46. The first kappa shape index (κ1) is 11.8. The van der Waals surface area contributed by atoms with Crippen LogP contribution in [0.15, 0.2) is 12.4 Å². The van der Waals surface area contributed by atoms with Gasteiger partial charge in [-0.25, -0.2) is 9.97 Å². The molecule has 0 radical (unpaired) electrons. The summed E-state index contributed by atoms with van der Waals surface area (Å²) in [5, 5.41) is 14.4. The normalized spacial score (nSPS) is 12.6. The predicted octanol–water partition coefficient (Wildman–Crippen LogP) is 0.804. The number of aryl methyl sites for hydroxylation is 1. The number of hydrogen-bond acceptors (Lipinski definition) is 6. The summed E-state index contributed by atoms with van der Waals surface area (Å²) in [6, 6.07) is 1.21. The van der Waals surface area contributed by atoms with Crippen molar-refractivity contribution in [3.63, 3.8) is 0 Å². The van der Waals surface area contributed by atoms with Crippen LogP contribution in [-0.4, -0.2) is 22.0 Å². The average molecular weight is 250 g/mol. The zero-order valence-corrected chi connectivity index (χ0v) is 10.4. The van der Waals surface area contributed by atoms with Crippen LogP contribution in [0.3, 0.4) is 0 Å². The van der Waals surface area contributed by atoms with Crippen LogP contribution in [0.25, 0.3) is 10.2 Å². The molecule has 0 fully saturated rings.